The van der Waals surface area contributed by atoms with Crippen molar-refractivity contribution in [1.29, 1.82) is 0 Å². The fraction of sp³-hybridized carbons (Fsp3) is 0.150. The highest BCUT2D eigenvalue weighted by Gasteiger charge is 2.17. The number of rotatable bonds is 5. The number of halogens is 1. The van der Waals surface area contributed by atoms with E-state index in [-0.39, 0.29) is 11.4 Å². The van der Waals surface area contributed by atoms with Crippen LogP contribution in [0, 0.1) is 5.82 Å². The fourth-order valence-electron chi connectivity index (χ4n) is 2.86. The molecule has 0 bridgehead atoms. The minimum Gasteiger partial charge on any atom is -0.497 e. The van der Waals surface area contributed by atoms with Crippen molar-refractivity contribution in [3.8, 4) is 17.1 Å². The number of benzene rings is 2. The average Bonchev–Trinajstić information content (AvgIpc) is 3.15. The van der Waals surface area contributed by atoms with Gasteiger partial charge in [0, 0.05) is 5.56 Å². The van der Waals surface area contributed by atoms with Gasteiger partial charge in [0.1, 0.15) is 17.4 Å². The van der Waals surface area contributed by atoms with Crippen molar-refractivity contribution in [3.63, 3.8) is 0 Å². The Morgan fingerprint density at radius 2 is 1.82 bits per heavy atom. The highest BCUT2D eigenvalue weighted by molar-refractivity contribution is 8.00. The number of fused-ring (bicyclic) bond motifs is 1. The van der Waals surface area contributed by atoms with Crippen LogP contribution in [-0.4, -0.2) is 27.9 Å². The lowest BCUT2D eigenvalue weighted by Gasteiger charge is -2.13. The van der Waals surface area contributed by atoms with Crippen molar-refractivity contribution in [2.75, 3.05) is 13.4 Å². The smallest absolute Gasteiger partial charge is 0.281 e. The zero-order chi connectivity index (χ0) is 19.7. The molecule has 2 aromatic carbocycles. The molecule has 142 valence electrons. The third-order valence-electron chi connectivity index (χ3n) is 4.28. The molecule has 0 spiro atoms. The molecule has 0 amide bonds. The lowest BCUT2D eigenvalue weighted by Crippen LogP contribution is -2.24. The minimum absolute atomic E-state index is 0.211. The number of hydrogen-bond acceptors (Lipinski definition) is 6. The van der Waals surface area contributed by atoms with Crippen LogP contribution < -0.4 is 10.3 Å². The number of ether oxygens (including phenoxy) is 1. The first-order chi connectivity index (χ1) is 13.6. The summed E-state index contributed by atoms with van der Waals surface area (Å²) in [4.78, 5) is 22.9. The van der Waals surface area contributed by atoms with E-state index < -0.39 is 0 Å². The lowest BCUT2D eigenvalue weighted by molar-refractivity contribution is 0.414. The van der Waals surface area contributed by atoms with E-state index in [0.717, 1.165) is 15.7 Å². The molecule has 0 saturated heterocycles. The Morgan fingerprint density at radius 1 is 1.11 bits per heavy atom. The van der Waals surface area contributed by atoms with Gasteiger partial charge in [-0.1, -0.05) is 35.2 Å². The van der Waals surface area contributed by atoms with Gasteiger partial charge in [-0.2, -0.15) is 0 Å². The summed E-state index contributed by atoms with van der Waals surface area (Å²) < 4.78 is 21.0. The molecule has 0 radical (unpaired) electrons. The van der Waals surface area contributed by atoms with Gasteiger partial charge in [0.15, 0.2) is 14.7 Å². The quantitative estimate of drug-likeness (QED) is 0.453. The molecular formula is C20H16FN3O2S2. The second-order valence-electron chi connectivity index (χ2n) is 6.02. The summed E-state index contributed by atoms with van der Waals surface area (Å²) in [6.45, 7) is 0.324. The predicted octanol–water partition coefficient (Wildman–Crippen LogP) is 4.44. The van der Waals surface area contributed by atoms with Crippen LogP contribution in [0.2, 0.25) is 0 Å². The average molecular weight is 413 g/mol. The predicted molar refractivity (Wildman–Crippen MR) is 111 cm³/mol. The summed E-state index contributed by atoms with van der Waals surface area (Å²) >= 11 is 2.86. The van der Waals surface area contributed by atoms with E-state index in [9.17, 15) is 9.18 Å². The Kier molecular flexibility index (Phi) is 5.15. The summed E-state index contributed by atoms with van der Waals surface area (Å²) in [7, 11) is 1.61. The van der Waals surface area contributed by atoms with Gasteiger partial charge < -0.3 is 4.74 Å². The Balaban J connectivity index is 1.89. The van der Waals surface area contributed by atoms with Crippen LogP contribution in [0.5, 0.6) is 5.75 Å². The van der Waals surface area contributed by atoms with E-state index in [1.165, 1.54) is 35.2 Å². The number of thioether (sulfide) groups is 1. The van der Waals surface area contributed by atoms with Crippen LogP contribution in [0.4, 0.5) is 4.39 Å². The van der Waals surface area contributed by atoms with E-state index in [0.29, 0.717) is 28.3 Å². The van der Waals surface area contributed by atoms with E-state index in [2.05, 4.69) is 4.98 Å². The zero-order valence-electron chi connectivity index (χ0n) is 15.2. The van der Waals surface area contributed by atoms with Crippen molar-refractivity contribution in [3.05, 3.63) is 70.3 Å². The molecule has 5 nitrogen and oxygen atoms in total. The molecule has 2 heterocycles. The Hall–Kier alpha value is -2.71. The SMILES string of the molecule is COc1ccc(Cn2c(-c3ccc(F)cc3)nc3sc(SC)nc3c2=O)cc1. The lowest BCUT2D eigenvalue weighted by atomic mass is 10.1. The molecule has 0 unspecified atom stereocenters. The highest BCUT2D eigenvalue weighted by Crippen LogP contribution is 2.28. The molecule has 8 heteroatoms. The zero-order valence-corrected chi connectivity index (χ0v) is 16.8. The summed E-state index contributed by atoms with van der Waals surface area (Å²) in [5.41, 5.74) is 1.74. The van der Waals surface area contributed by atoms with Crippen LogP contribution in [0.25, 0.3) is 21.7 Å². The number of thiazole rings is 1. The molecular weight excluding hydrogens is 397 g/mol. The Bertz CT molecular complexity index is 1190. The van der Waals surface area contributed by atoms with Gasteiger partial charge in [-0.3, -0.25) is 9.36 Å². The Morgan fingerprint density at radius 3 is 2.46 bits per heavy atom. The van der Waals surface area contributed by atoms with E-state index in [1.54, 1.807) is 23.8 Å². The van der Waals surface area contributed by atoms with Gasteiger partial charge >= 0.3 is 0 Å². The largest absolute Gasteiger partial charge is 0.497 e. The molecule has 2 aromatic heterocycles. The van der Waals surface area contributed by atoms with Gasteiger partial charge in [-0.15, -0.1) is 0 Å². The highest BCUT2D eigenvalue weighted by atomic mass is 32.2. The minimum atomic E-state index is -0.337. The molecule has 0 aliphatic rings. The summed E-state index contributed by atoms with van der Waals surface area (Å²) in [6.07, 6.45) is 1.91. The first-order valence-electron chi connectivity index (χ1n) is 8.43. The van der Waals surface area contributed by atoms with Crippen LogP contribution in [0.3, 0.4) is 0 Å². The number of methoxy groups -OCH3 is 1. The fourth-order valence-corrected chi connectivity index (χ4v) is 4.27. The molecule has 28 heavy (non-hydrogen) atoms. The molecule has 0 aliphatic carbocycles. The van der Waals surface area contributed by atoms with Crippen molar-refractivity contribution in [1.82, 2.24) is 14.5 Å². The van der Waals surface area contributed by atoms with Gasteiger partial charge in [0.25, 0.3) is 5.56 Å². The van der Waals surface area contributed by atoms with Crippen molar-refractivity contribution in [2.45, 2.75) is 10.9 Å². The van der Waals surface area contributed by atoms with Crippen molar-refractivity contribution < 1.29 is 9.13 Å². The third kappa shape index (κ3) is 3.53. The normalized spacial score (nSPS) is 11.1. The molecule has 0 aliphatic heterocycles. The maximum absolute atomic E-state index is 13.4. The summed E-state index contributed by atoms with van der Waals surface area (Å²) in [5, 5.41) is 0. The van der Waals surface area contributed by atoms with Gasteiger partial charge in [-0.25, -0.2) is 14.4 Å². The molecule has 4 rings (SSSR count). The van der Waals surface area contributed by atoms with E-state index in [1.807, 2.05) is 30.5 Å². The second kappa shape index (κ2) is 7.73. The summed E-state index contributed by atoms with van der Waals surface area (Å²) in [6, 6.07) is 13.5. The third-order valence-corrected chi connectivity index (χ3v) is 6.21. The number of aromatic nitrogens is 3. The van der Waals surface area contributed by atoms with E-state index >= 15 is 0 Å². The van der Waals surface area contributed by atoms with Crippen LogP contribution >= 0.6 is 23.1 Å². The van der Waals surface area contributed by atoms with Gasteiger partial charge in [0.2, 0.25) is 0 Å². The van der Waals surface area contributed by atoms with Crippen LogP contribution in [0.15, 0.2) is 57.7 Å². The molecule has 0 atom stereocenters. The standard InChI is InChI=1S/C20H16FN3O2S2/c1-26-15-9-3-12(4-10-15)11-24-17(13-5-7-14(21)8-6-13)23-18-16(19(24)25)22-20(27-2)28-18/h3-10H,11H2,1-2H3. The maximum atomic E-state index is 13.4. The van der Waals surface area contributed by atoms with Crippen LogP contribution in [-0.2, 0) is 6.54 Å². The van der Waals surface area contributed by atoms with E-state index in [4.69, 9.17) is 9.72 Å². The molecule has 0 saturated carbocycles. The van der Waals surface area contributed by atoms with Crippen molar-refractivity contribution >= 4 is 33.4 Å². The van der Waals surface area contributed by atoms with Crippen LogP contribution in [0.1, 0.15) is 5.56 Å². The van der Waals surface area contributed by atoms with Gasteiger partial charge in [0.05, 0.1) is 13.7 Å². The first kappa shape index (κ1) is 18.6. The number of hydrogen-bond donors (Lipinski definition) is 0. The topological polar surface area (TPSA) is 57.0 Å². The first-order valence-corrected chi connectivity index (χ1v) is 10.5. The second-order valence-corrected chi connectivity index (χ2v) is 8.05. The molecule has 0 N–H and O–H groups in total. The van der Waals surface area contributed by atoms with Crippen molar-refractivity contribution in [2.24, 2.45) is 0 Å². The number of nitrogens with zero attached hydrogens (tertiary/aromatic N) is 3. The molecule has 4 aromatic rings. The monoisotopic (exact) mass is 413 g/mol. The Labute approximate surface area is 168 Å². The maximum Gasteiger partial charge on any atom is 0.281 e. The van der Waals surface area contributed by atoms with Gasteiger partial charge in [-0.05, 0) is 48.2 Å². The summed E-state index contributed by atoms with van der Waals surface area (Å²) in [5.74, 6) is 0.897. The molecule has 0 fully saturated rings.